The molecular formula is C12H23N3OS. The van der Waals surface area contributed by atoms with Gasteiger partial charge < -0.3 is 5.32 Å². The minimum atomic E-state index is -0.742. The molecule has 98 valence electrons. The first-order valence-corrected chi connectivity index (χ1v) is 7.88. The minimum Gasteiger partial charge on any atom is -0.308 e. The second-order valence-corrected chi connectivity index (χ2v) is 5.80. The summed E-state index contributed by atoms with van der Waals surface area (Å²) in [6.07, 6.45) is 2.71. The van der Waals surface area contributed by atoms with E-state index in [4.69, 9.17) is 0 Å². The molecule has 0 saturated carbocycles. The minimum absolute atomic E-state index is 0.270. The Morgan fingerprint density at radius 1 is 1.53 bits per heavy atom. The van der Waals surface area contributed by atoms with Crippen LogP contribution in [-0.4, -0.2) is 32.0 Å². The van der Waals surface area contributed by atoms with E-state index in [1.807, 2.05) is 4.68 Å². The highest BCUT2D eigenvalue weighted by atomic mass is 32.2. The molecule has 0 spiro atoms. The van der Waals surface area contributed by atoms with Crippen LogP contribution < -0.4 is 5.32 Å². The Kier molecular flexibility index (Phi) is 5.85. The van der Waals surface area contributed by atoms with E-state index in [1.165, 1.54) is 5.69 Å². The maximum atomic E-state index is 11.1. The number of hydrogen-bond acceptors (Lipinski definition) is 3. The van der Waals surface area contributed by atoms with Gasteiger partial charge in [0.05, 0.1) is 11.4 Å². The first-order valence-electron chi connectivity index (χ1n) is 6.15. The van der Waals surface area contributed by atoms with Gasteiger partial charge in [0.2, 0.25) is 0 Å². The Bertz CT molecular complexity index is 376. The van der Waals surface area contributed by atoms with Crippen molar-refractivity contribution >= 4 is 10.8 Å². The maximum Gasteiger partial charge on any atom is 0.0625 e. The molecule has 17 heavy (non-hydrogen) atoms. The third-order valence-corrected chi connectivity index (χ3v) is 3.66. The number of hydrogen-bond donors (Lipinski definition) is 1. The van der Waals surface area contributed by atoms with Crippen molar-refractivity contribution in [2.45, 2.75) is 46.3 Å². The van der Waals surface area contributed by atoms with Gasteiger partial charge in [-0.1, -0.05) is 6.92 Å². The van der Waals surface area contributed by atoms with E-state index in [0.29, 0.717) is 5.75 Å². The van der Waals surface area contributed by atoms with Crippen LogP contribution in [0.2, 0.25) is 0 Å². The normalized spacial score (nSPS) is 14.8. The fraction of sp³-hybridized carbons (Fsp3) is 0.750. The summed E-state index contributed by atoms with van der Waals surface area (Å²) < 4.78 is 13.1. The zero-order chi connectivity index (χ0) is 12.8. The SMILES string of the molecule is CCc1cc(CNC(C)CS(C)=O)n(CC)n1. The van der Waals surface area contributed by atoms with Gasteiger partial charge in [-0.3, -0.25) is 8.89 Å². The molecule has 0 aliphatic rings. The first-order chi connectivity index (χ1) is 8.06. The summed E-state index contributed by atoms with van der Waals surface area (Å²) in [7, 11) is -0.742. The van der Waals surface area contributed by atoms with E-state index >= 15 is 0 Å². The van der Waals surface area contributed by atoms with Gasteiger partial charge >= 0.3 is 0 Å². The summed E-state index contributed by atoms with van der Waals surface area (Å²) in [5.74, 6) is 0.695. The monoisotopic (exact) mass is 257 g/mol. The fourth-order valence-corrected chi connectivity index (χ4v) is 2.62. The van der Waals surface area contributed by atoms with Gasteiger partial charge in [-0.15, -0.1) is 0 Å². The molecule has 0 fully saturated rings. The Hall–Kier alpha value is -0.680. The van der Waals surface area contributed by atoms with Gasteiger partial charge in [-0.2, -0.15) is 5.10 Å². The van der Waals surface area contributed by atoms with Gasteiger partial charge in [-0.25, -0.2) is 0 Å². The van der Waals surface area contributed by atoms with Crippen molar-refractivity contribution in [3.8, 4) is 0 Å². The summed E-state index contributed by atoms with van der Waals surface area (Å²) in [5.41, 5.74) is 2.34. The predicted octanol–water partition coefficient (Wildman–Crippen LogP) is 1.32. The van der Waals surface area contributed by atoms with Crippen molar-refractivity contribution in [1.29, 1.82) is 0 Å². The molecule has 0 aromatic carbocycles. The summed E-state index contributed by atoms with van der Waals surface area (Å²) in [4.78, 5) is 0. The summed E-state index contributed by atoms with van der Waals surface area (Å²) >= 11 is 0. The highest BCUT2D eigenvalue weighted by Crippen LogP contribution is 2.05. The van der Waals surface area contributed by atoms with Crippen molar-refractivity contribution < 1.29 is 4.21 Å². The molecule has 2 unspecified atom stereocenters. The Labute approximate surface area is 106 Å². The molecule has 1 rings (SSSR count). The van der Waals surface area contributed by atoms with Crippen LogP contribution in [0.25, 0.3) is 0 Å². The van der Waals surface area contributed by atoms with Gasteiger partial charge in [-0.05, 0) is 26.3 Å². The number of nitrogens with one attached hydrogen (secondary N) is 1. The van der Waals surface area contributed by atoms with Gasteiger partial charge in [0, 0.05) is 41.9 Å². The lowest BCUT2D eigenvalue weighted by Gasteiger charge is -2.12. The Morgan fingerprint density at radius 2 is 2.24 bits per heavy atom. The lowest BCUT2D eigenvalue weighted by molar-refractivity contribution is 0.540. The van der Waals surface area contributed by atoms with Crippen LogP contribution in [0.5, 0.6) is 0 Å². The van der Waals surface area contributed by atoms with Crippen LogP contribution in [-0.2, 0) is 30.3 Å². The van der Waals surface area contributed by atoms with E-state index in [-0.39, 0.29) is 6.04 Å². The second kappa shape index (κ2) is 6.91. The zero-order valence-electron chi connectivity index (χ0n) is 11.2. The van der Waals surface area contributed by atoms with Gasteiger partial charge in [0.15, 0.2) is 0 Å². The van der Waals surface area contributed by atoms with Crippen LogP contribution in [0.1, 0.15) is 32.2 Å². The van der Waals surface area contributed by atoms with E-state index in [2.05, 4.69) is 37.3 Å². The van der Waals surface area contributed by atoms with Crippen LogP contribution in [0.4, 0.5) is 0 Å². The topological polar surface area (TPSA) is 46.9 Å². The molecule has 1 N–H and O–H groups in total. The number of rotatable bonds is 7. The Balaban J connectivity index is 2.55. The molecular weight excluding hydrogens is 234 g/mol. The lowest BCUT2D eigenvalue weighted by Crippen LogP contribution is -2.31. The summed E-state index contributed by atoms with van der Waals surface area (Å²) in [5, 5.41) is 7.89. The number of nitrogens with zero attached hydrogens (tertiary/aromatic N) is 2. The van der Waals surface area contributed by atoms with E-state index in [9.17, 15) is 4.21 Å². The van der Waals surface area contributed by atoms with Crippen molar-refractivity contribution in [3.63, 3.8) is 0 Å². The molecule has 1 aromatic heterocycles. The van der Waals surface area contributed by atoms with Crippen LogP contribution in [0, 0.1) is 0 Å². The average Bonchev–Trinajstić information content (AvgIpc) is 2.67. The standard InChI is InChI=1S/C12H23N3OS/c1-5-11-7-12(15(6-2)14-11)8-13-10(3)9-17(4)16/h7,10,13H,5-6,8-9H2,1-4H3. The van der Waals surface area contributed by atoms with Gasteiger partial charge in [0.25, 0.3) is 0 Å². The molecule has 0 aliphatic heterocycles. The fourth-order valence-electron chi connectivity index (χ4n) is 1.79. The van der Waals surface area contributed by atoms with Crippen LogP contribution >= 0.6 is 0 Å². The van der Waals surface area contributed by atoms with Crippen molar-refractivity contribution in [3.05, 3.63) is 17.5 Å². The van der Waals surface area contributed by atoms with Crippen molar-refractivity contribution in [2.24, 2.45) is 0 Å². The quantitative estimate of drug-likeness (QED) is 0.801. The molecule has 1 aromatic rings. The molecule has 0 aliphatic carbocycles. The molecule has 0 bridgehead atoms. The van der Waals surface area contributed by atoms with Crippen molar-refractivity contribution in [1.82, 2.24) is 15.1 Å². The summed E-state index contributed by atoms with van der Waals surface area (Å²) in [6.45, 7) is 7.96. The highest BCUT2D eigenvalue weighted by molar-refractivity contribution is 7.84. The first kappa shape index (κ1) is 14.4. The molecule has 2 atom stereocenters. The lowest BCUT2D eigenvalue weighted by atomic mass is 10.3. The second-order valence-electron chi connectivity index (χ2n) is 4.32. The molecule has 0 amide bonds. The third kappa shape index (κ3) is 4.60. The third-order valence-electron chi connectivity index (χ3n) is 2.69. The average molecular weight is 257 g/mol. The predicted molar refractivity (Wildman–Crippen MR) is 72.5 cm³/mol. The van der Waals surface area contributed by atoms with Crippen LogP contribution in [0.3, 0.4) is 0 Å². The van der Waals surface area contributed by atoms with E-state index in [0.717, 1.165) is 25.2 Å². The summed E-state index contributed by atoms with van der Waals surface area (Å²) in [6, 6.07) is 2.41. The van der Waals surface area contributed by atoms with Crippen molar-refractivity contribution in [2.75, 3.05) is 12.0 Å². The van der Waals surface area contributed by atoms with Gasteiger partial charge in [0.1, 0.15) is 0 Å². The molecule has 0 radical (unpaired) electrons. The largest absolute Gasteiger partial charge is 0.308 e. The molecule has 0 saturated heterocycles. The smallest absolute Gasteiger partial charge is 0.0625 e. The number of aryl methyl sites for hydroxylation is 2. The zero-order valence-corrected chi connectivity index (χ0v) is 12.0. The molecule has 4 nitrogen and oxygen atoms in total. The highest BCUT2D eigenvalue weighted by Gasteiger charge is 2.08. The number of aromatic nitrogens is 2. The Morgan fingerprint density at radius 3 is 2.76 bits per heavy atom. The van der Waals surface area contributed by atoms with E-state index < -0.39 is 10.8 Å². The molecule has 1 heterocycles. The maximum absolute atomic E-state index is 11.1. The molecule has 5 heteroatoms. The van der Waals surface area contributed by atoms with Crippen LogP contribution in [0.15, 0.2) is 6.07 Å². The van der Waals surface area contributed by atoms with E-state index in [1.54, 1.807) is 6.26 Å².